The molecule has 1 amide bonds. The van der Waals surface area contributed by atoms with Crippen LogP contribution in [-0.4, -0.2) is 60.9 Å². The zero-order chi connectivity index (χ0) is 25.5. The minimum atomic E-state index is -4.41. The molecule has 9 heteroatoms. The Labute approximate surface area is 209 Å². The first-order valence-electron chi connectivity index (χ1n) is 12.4. The van der Waals surface area contributed by atoms with Crippen molar-refractivity contribution >= 4 is 5.91 Å². The van der Waals surface area contributed by atoms with E-state index in [-0.39, 0.29) is 30.3 Å². The number of hydrogen-bond acceptors (Lipinski definition) is 4. The molecule has 0 spiro atoms. The van der Waals surface area contributed by atoms with E-state index in [9.17, 15) is 22.4 Å². The number of carbonyl (C=O) groups is 1. The second-order valence-corrected chi connectivity index (χ2v) is 9.48. The van der Waals surface area contributed by atoms with Crippen LogP contribution in [-0.2, 0) is 33.4 Å². The van der Waals surface area contributed by atoms with Crippen LogP contribution < -0.4 is 0 Å². The third-order valence-electron chi connectivity index (χ3n) is 6.96. The van der Waals surface area contributed by atoms with Gasteiger partial charge in [0.15, 0.2) is 0 Å². The third kappa shape index (κ3) is 7.51. The molecule has 2 aromatic carbocycles. The van der Waals surface area contributed by atoms with Gasteiger partial charge < -0.3 is 19.3 Å². The van der Waals surface area contributed by atoms with Crippen molar-refractivity contribution in [3.63, 3.8) is 0 Å². The van der Waals surface area contributed by atoms with Crippen LogP contribution in [0.5, 0.6) is 0 Å². The van der Waals surface area contributed by atoms with Crippen LogP contribution in [0.1, 0.15) is 42.4 Å². The second-order valence-electron chi connectivity index (χ2n) is 9.48. The van der Waals surface area contributed by atoms with Gasteiger partial charge in [-0.05, 0) is 61.1 Å². The molecule has 4 rings (SSSR count). The fourth-order valence-corrected chi connectivity index (χ4v) is 4.81. The van der Waals surface area contributed by atoms with Crippen molar-refractivity contribution in [2.75, 3.05) is 33.0 Å². The molecule has 0 aliphatic carbocycles. The minimum absolute atomic E-state index is 0.00702. The van der Waals surface area contributed by atoms with Crippen molar-refractivity contribution in [3.05, 3.63) is 71.0 Å². The Hall–Kier alpha value is -2.49. The Morgan fingerprint density at radius 1 is 0.972 bits per heavy atom. The first-order chi connectivity index (χ1) is 17.3. The molecule has 1 unspecified atom stereocenters. The molecule has 0 N–H and O–H groups in total. The molecule has 2 aromatic rings. The summed E-state index contributed by atoms with van der Waals surface area (Å²) in [5.41, 5.74) is 0.614. The number of piperidine rings is 1. The van der Waals surface area contributed by atoms with E-state index in [1.807, 2.05) is 4.90 Å². The van der Waals surface area contributed by atoms with Crippen molar-refractivity contribution in [3.8, 4) is 0 Å². The summed E-state index contributed by atoms with van der Waals surface area (Å²) >= 11 is 0. The molecule has 36 heavy (non-hydrogen) atoms. The summed E-state index contributed by atoms with van der Waals surface area (Å²) in [6.07, 6.45) is -0.733. The van der Waals surface area contributed by atoms with Crippen LogP contribution in [0.3, 0.4) is 0 Å². The van der Waals surface area contributed by atoms with Crippen LogP contribution in [0.4, 0.5) is 17.6 Å². The highest BCUT2D eigenvalue weighted by molar-refractivity contribution is 5.79. The highest BCUT2D eigenvalue weighted by Gasteiger charge is 2.31. The van der Waals surface area contributed by atoms with Crippen molar-refractivity contribution in [2.24, 2.45) is 0 Å². The van der Waals surface area contributed by atoms with E-state index < -0.39 is 11.7 Å². The van der Waals surface area contributed by atoms with E-state index in [0.29, 0.717) is 18.9 Å². The summed E-state index contributed by atoms with van der Waals surface area (Å²) in [7, 11) is 0. The lowest BCUT2D eigenvalue weighted by atomic mass is 10.00. The molecule has 2 saturated heterocycles. The van der Waals surface area contributed by atoms with Gasteiger partial charge in [0.2, 0.25) is 5.91 Å². The lowest BCUT2D eigenvalue weighted by Crippen LogP contribution is -2.48. The lowest BCUT2D eigenvalue weighted by Gasteiger charge is -2.39. The molecule has 2 aliphatic heterocycles. The maximum absolute atomic E-state index is 13.4. The molecule has 196 valence electrons. The van der Waals surface area contributed by atoms with Crippen LogP contribution in [0, 0.1) is 5.82 Å². The number of hydrogen-bond donors (Lipinski definition) is 0. The van der Waals surface area contributed by atoms with E-state index >= 15 is 0 Å². The monoisotopic (exact) mass is 508 g/mol. The molecular formula is C27H32F4N2O3. The smallest absolute Gasteiger partial charge is 0.355 e. The summed E-state index contributed by atoms with van der Waals surface area (Å²) in [4.78, 5) is 17.6. The van der Waals surface area contributed by atoms with Crippen molar-refractivity contribution < 1.29 is 31.8 Å². The number of rotatable bonds is 8. The van der Waals surface area contributed by atoms with Gasteiger partial charge >= 0.3 is 6.18 Å². The number of carbonyl (C=O) groups excluding carboxylic acids is 1. The number of benzene rings is 2. The highest BCUT2D eigenvalue weighted by atomic mass is 19.4. The van der Waals surface area contributed by atoms with Gasteiger partial charge in [-0.3, -0.25) is 4.79 Å². The Balaban J connectivity index is 1.38. The van der Waals surface area contributed by atoms with Crippen LogP contribution in [0.2, 0.25) is 0 Å². The molecule has 2 aliphatic rings. The maximum atomic E-state index is 13.4. The van der Waals surface area contributed by atoms with Gasteiger partial charge in [0.25, 0.3) is 0 Å². The predicted molar refractivity (Wildman–Crippen MR) is 126 cm³/mol. The maximum Gasteiger partial charge on any atom is 0.416 e. The Morgan fingerprint density at radius 3 is 2.25 bits per heavy atom. The van der Waals surface area contributed by atoms with E-state index in [1.165, 1.54) is 24.3 Å². The van der Waals surface area contributed by atoms with E-state index in [4.69, 9.17) is 9.47 Å². The molecule has 2 heterocycles. The van der Waals surface area contributed by atoms with Gasteiger partial charge in [-0.25, -0.2) is 4.39 Å². The molecular weight excluding hydrogens is 476 g/mol. The first-order valence-corrected chi connectivity index (χ1v) is 12.4. The molecule has 1 atom stereocenters. The fourth-order valence-electron chi connectivity index (χ4n) is 4.81. The molecule has 5 nitrogen and oxygen atoms in total. The Kier molecular flexibility index (Phi) is 8.98. The van der Waals surface area contributed by atoms with Crippen molar-refractivity contribution in [1.82, 2.24) is 9.80 Å². The van der Waals surface area contributed by atoms with Gasteiger partial charge in [-0.1, -0.05) is 24.3 Å². The zero-order valence-corrected chi connectivity index (χ0v) is 20.2. The zero-order valence-electron chi connectivity index (χ0n) is 20.2. The van der Waals surface area contributed by atoms with Crippen molar-refractivity contribution in [1.29, 1.82) is 0 Å². The quantitative estimate of drug-likeness (QED) is 0.469. The van der Waals surface area contributed by atoms with Crippen LogP contribution >= 0.6 is 0 Å². The fraction of sp³-hybridized carbons (Fsp3) is 0.519. The average molecular weight is 509 g/mol. The van der Waals surface area contributed by atoms with Gasteiger partial charge in [0, 0.05) is 32.2 Å². The van der Waals surface area contributed by atoms with E-state index in [2.05, 4.69) is 4.90 Å². The first kappa shape index (κ1) is 26.6. The van der Waals surface area contributed by atoms with Gasteiger partial charge in [-0.2, -0.15) is 13.2 Å². The molecule has 0 aromatic heterocycles. The number of amides is 1. The van der Waals surface area contributed by atoms with Crippen LogP contribution in [0.15, 0.2) is 48.5 Å². The van der Waals surface area contributed by atoms with Gasteiger partial charge in [0.05, 0.1) is 24.7 Å². The van der Waals surface area contributed by atoms with Crippen LogP contribution in [0.25, 0.3) is 0 Å². The van der Waals surface area contributed by atoms with Gasteiger partial charge in [-0.15, -0.1) is 0 Å². The molecule has 0 radical (unpaired) electrons. The second kappa shape index (κ2) is 12.2. The Morgan fingerprint density at radius 2 is 1.64 bits per heavy atom. The summed E-state index contributed by atoms with van der Waals surface area (Å²) in [6, 6.07) is 10.8. The summed E-state index contributed by atoms with van der Waals surface area (Å²) in [5.74, 6) is -0.490. The largest absolute Gasteiger partial charge is 0.416 e. The lowest BCUT2D eigenvalue weighted by molar-refractivity contribution is -0.142. The topological polar surface area (TPSA) is 42.0 Å². The number of ether oxygens (including phenoxy) is 2. The highest BCUT2D eigenvalue weighted by Crippen LogP contribution is 2.29. The molecule has 0 saturated carbocycles. The number of nitrogens with zero attached hydrogens (tertiary/aromatic N) is 2. The number of halogens is 4. The molecule has 0 bridgehead atoms. The van der Waals surface area contributed by atoms with E-state index in [1.54, 1.807) is 12.1 Å². The number of likely N-dealkylation sites (tertiary alicyclic amines) is 1. The SMILES string of the molecule is O=C(Cc1ccc(C(F)(F)F)cc1)N(Cc1ccc(F)cc1)C1CCN(CCC2CCOCO2)CC1. The number of alkyl halides is 3. The normalized spacial score (nSPS) is 19.8. The predicted octanol–water partition coefficient (Wildman–Crippen LogP) is 5.03. The van der Waals surface area contributed by atoms with Gasteiger partial charge in [0.1, 0.15) is 12.6 Å². The minimum Gasteiger partial charge on any atom is -0.355 e. The van der Waals surface area contributed by atoms with Crippen molar-refractivity contribution in [2.45, 2.75) is 57.0 Å². The molecule has 2 fully saturated rings. The van der Waals surface area contributed by atoms with E-state index in [0.717, 1.165) is 69.6 Å². The third-order valence-corrected chi connectivity index (χ3v) is 6.96. The standard InChI is InChI=1S/C27H32F4N2O3/c28-23-7-3-21(4-8-23)18-33(26(34)17-20-1-5-22(6-2-20)27(29,30)31)24-9-13-32(14-10-24)15-11-25-12-16-35-19-36-25/h1-8,24-25H,9-19H2. The summed E-state index contributed by atoms with van der Waals surface area (Å²) in [6.45, 7) is 4.04. The summed E-state index contributed by atoms with van der Waals surface area (Å²) in [5, 5.41) is 0. The Bertz CT molecular complexity index is 968. The summed E-state index contributed by atoms with van der Waals surface area (Å²) < 4.78 is 63.0. The average Bonchev–Trinajstić information content (AvgIpc) is 2.88.